The fraction of sp³-hybridized carbons (Fsp3) is 0.286. The number of nitrogens with zero attached hydrogens (tertiary/aromatic N) is 1. The predicted molar refractivity (Wildman–Crippen MR) is 112 cm³/mol. The highest BCUT2D eigenvalue weighted by atomic mass is 32.2. The van der Waals surface area contributed by atoms with Crippen molar-refractivity contribution in [3.8, 4) is 5.75 Å². The van der Waals surface area contributed by atoms with Crippen molar-refractivity contribution < 1.29 is 19.1 Å². The summed E-state index contributed by atoms with van der Waals surface area (Å²) in [5.74, 6) is -0.947. The zero-order chi connectivity index (χ0) is 20.8. The van der Waals surface area contributed by atoms with E-state index in [0.29, 0.717) is 5.75 Å². The van der Waals surface area contributed by atoms with Crippen LogP contribution in [0.25, 0.3) is 0 Å². The molecule has 1 fully saturated rings. The van der Waals surface area contributed by atoms with Crippen LogP contribution in [0.5, 0.6) is 5.75 Å². The Morgan fingerprint density at radius 3 is 2.45 bits per heavy atom. The van der Waals surface area contributed by atoms with Crippen LogP contribution in [-0.2, 0) is 14.4 Å². The monoisotopic (exact) mass is 413 g/mol. The fourth-order valence-electron chi connectivity index (χ4n) is 2.95. The largest absolute Gasteiger partial charge is 0.484 e. The molecule has 0 spiro atoms. The molecule has 1 atom stereocenters. The number of amides is 3. The summed E-state index contributed by atoms with van der Waals surface area (Å²) in [7, 11) is 0. The van der Waals surface area contributed by atoms with Gasteiger partial charge in [-0.05, 0) is 49.6 Å². The highest BCUT2D eigenvalue weighted by Crippen LogP contribution is 2.27. The molecule has 8 heteroatoms. The first-order valence-corrected chi connectivity index (χ1v) is 10.4. The average molecular weight is 413 g/mol. The molecule has 1 aliphatic heterocycles. The van der Waals surface area contributed by atoms with Crippen LogP contribution >= 0.6 is 11.8 Å². The lowest BCUT2D eigenvalue weighted by Crippen LogP contribution is -2.46. The zero-order valence-electron chi connectivity index (χ0n) is 16.3. The van der Waals surface area contributed by atoms with E-state index in [2.05, 4.69) is 10.9 Å². The van der Waals surface area contributed by atoms with E-state index in [1.807, 2.05) is 49.6 Å². The number of hydrogen-bond acceptors (Lipinski definition) is 5. The predicted octanol–water partition coefficient (Wildman–Crippen LogP) is 2.30. The van der Waals surface area contributed by atoms with Gasteiger partial charge in [-0.1, -0.05) is 17.7 Å². The van der Waals surface area contributed by atoms with Crippen LogP contribution in [0.4, 0.5) is 5.69 Å². The third-order valence-electron chi connectivity index (χ3n) is 4.60. The summed E-state index contributed by atoms with van der Waals surface area (Å²) < 4.78 is 5.36. The van der Waals surface area contributed by atoms with Crippen molar-refractivity contribution in [2.75, 3.05) is 24.3 Å². The summed E-state index contributed by atoms with van der Waals surface area (Å²) in [5, 5.41) is 0. The molecule has 0 saturated carbocycles. The van der Waals surface area contributed by atoms with Gasteiger partial charge in [-0.2, -0.15) is 0 Å². The summed E-state index contributed by atoms with van der Waals surface area (Å²) in [6.45, 7) is 2.01. The molecule has 2 aromatic carbocycles. The molecule has 0 aliphatic carbocycles. The third kappa shape index (κ3) is 5.51. The molecular formula is C21H23N3O4S. The number of carbonyl (C=O) groups is 3. The van der Waals surface area contributed by atoms with E-state index < -0.39 is 17.7 Å². The number of rotatable bonds is 6. The zero-order valence-corrected chi connectivity index (χ0v) is 17.1. The highest BCUT2D eigenvalue weighted by Gasteiger charge is 2.35. The Labute approximate surface area is 173 Å². The van der Waals surface area contributed by atoms with Crippen molar-refractivity contribution in [1.82, 2.24) is 10.9 Å². The third-order valence-corrected chi connectivity index (χ3v) is 5.34. The Morgan fingerprint density at radius 2 is 1.79 bits per heavy atom. The number of ether oxygens (including phenoxy) is 1. The second kappa shape index (κ2) is 9.47. The van der Waals surface area contributed by atoms with E-state index in [1.54, 1.807) is 28.8 Å². The van der Waals surface area contributed by atoms with E-state index in [-0.39, 0.29) is 25.5 Å². The van der Waals surface area contributed by atoms with E-state index in [1.165, 1.54) is 0 Å². The summed E-state index contributed by atoms with van der Waals surface area (Å²) in [6.07, 6.45) is 2.09. The quantitative estimate of drug-likeness (QED) is 0.561. The van der Waals surface area contributed by atoms with Gasteiger partial charge in [0, 0.05) is 23.5 Å². The number of thioether (sulfide) groups is 1. The minimum absolute atomic E-state index is 0.103. The maximum Gasteiger partial charge on any atom is 0.276 e. The molecule has 1 aliphatic rings. The van der Waals surface area contributed by atoms with Crippen molar-refractivity contribution in [1.29, 1.82) is 0 Å². The summed E-state index contributed by atoms with van der Waals surface area (Å²) in [6, 6.07) is 14.9. The van der Waals surface area contributed by atoms with Gasteiger partial charge >= 0.3 is 0 Å². The molecule has 2 N–H and O–H groups in total. The molecule has 3 amide bonds. The van der Waals surface area contributed by atoms with E-state index >= 15 is 0 Å². The fourth-order valence-corrected chi connectivity index (χ4v) is 3.36. The lowest BCUT2D eigenvalue weighted by molar-refractivity contribution is -0.132. The molecule has 2 aromatic rings. The topological polar surface area (TPSA) is 87.7 Å². The number of hydrogen-bond donors (Lipinski definition) is 2. The SMILES string of the molecule is CSc1ccc(N2C[C@H](C(=O)NNC(=O)COc3ccc(C)cc3)CC2=O)cc1. The van der Waals surface area contributed by atoms with E-state index in [0.717, 1.165) is 16.1 Å². The second-order valence-corrected chi connectivity index (χ2v) is 7.62. The maximum absolute atomic E-state index is 12.3. The van der Waals surface area contributed by atoms with Gasteiger partial charge in [-0.25, -0.2) is 0 Å². The van der Waals surface area contributed by atoms with Gasteiger partial charge in [-0.3, -0.25) is 25.2 Å². The standard InChI is InChI=1S/C21H23N3O4S/c1-14-3-7-17(8-4-14)28-13-19(25)22-23-21(27)15-11-20(26)24(12-15)16-5-9-18(29-2)10-6-16/h3-10,15H,11-13H2,1-2H3,(H,22,25)(H,23,27)/t15-/m1/s1. The van der Waals surface area contributed by atoms with Crippen LogP contribution in [0.15, 0.2) is 53.4 Å². The number of nitrogens with one attached hydrogen (secondary N) is 2. The minimum Gasteiger partial charge on any atom is -0.484 e. The maximum atomic E-state index is 12.3. The van der Waals surface area contributed by atoms with E-state index in [9.17, 15) is 14.4 Å². The second-order valence-electron chi connectivity index (χ2n) is 6.74. The normalized spacial score (nSPS) is 15.9. The van der Waals surface area contributed by atoms with E-state index in [4.69, 9.17) is 4.74 Å². The number of aryl methyl sites for hydroxylation is 1. The molecule has 1 saturated heterocycles. The van der Waals surface area contributed by atoms with Gasteiger partial charge in [0.1, 0.15) is 5.75 Å². The van der Waals surface area contributed by atoms with Crippen molar-refractivity contribution in [3.05, 3.63) is 54.1 Å². The van der Waals surface area contributed by atoms with Crippen molar-refractivity contribution in [2.24, 2.45) is 5.92 Å². The van der Waals surface area contributed by atoms with Gasteiger partial charge in [0.2, 0.25) is 11.8 Å². The lowest BCUT2D eigenvalue weighted by atomic mass is 10.1. The van der Waals surface area contributed by atoms with Crippen LogP contribution in [-0.4, -0.2) is 37.1 Å². The molecule has 0 unspecified atom stereocenters. The molecule has 0 radical (unpaired) electrons. The van der Waals surface area contributed by atoms with Gasteiger partial charge in [0.25, 0.3) is 5.91 Å². The smallest absolute Gasteiger partial charge is 0.276 e. The molecular weight excluding hydrogens is 390 g/mol. The number of benzene rings is 2. The first-order valence-electron chi connectivity index (χ1n) is 9.19. The first-order chi connectivity index (χ1) is 14.0. The summed E-state index contributed by atoms with van der Waals surface area (Å²) >= 11 is 1.62. The first kappa shape index (κ1) is 20.7. The van der Waals surface area contributed by atoms with Crippen LogP contribution in [0.2, 0.25) is 0 Å². The summed E-state index contributed by atoms with van der Waals surface area (Å²) in [4.78, 5) is 39.2. The van der Waals surface area contributed by atoms with Crippen LogP contribution in [0, 0.1) is 12.8 Å². The number of hydrazine groups is 1. The molecule has 0 bridgehead atoms. The molecule has 29 heavy (non-hydrogen) atoms. The van der Waals surface area contributed by atoms with Crippen molar-refractivity contribution >= 4 is 35.2 Å². The Balaban J connectivity index is 1.46. The van der Waals surface area contributed by atoms with Crippen LogP contribution < -0.4 is 20.5 Å². The number of anilines is 1. The van der Waals surface area contributed by atoms with Gasteiger partial charge in [0.15, 0.2) is 6.61 Å². The highest BCUT2D eigenvalue weighted by molar-refractivity contribution is 7.98. The molecule has 7 nitrogen and oxygen atoms in total. The average Bonchev–Trinajstić information content (AvgIpc) is 3.13. The van der Waals surface area contributed by atoms with Crippen molar-refractivity contribution in [2.45, 2.75) is 18.2 Å². The molecule has 3 rings (SSSR count). The lowest BCUT2D eigenvalue weighted by Gasteiger charge is -2.17. The minimum atomic E-state index is -0.527. The molecule has 0 aromatic heterocycles. The molecule has 1 heterocycles. The van der Waals surface area contributed by atoms with Crippen molar-refractivity contribution in [3.63, 3.8) is 0 Å². The Kier molecular flexibility index (Phi) is 6.77. The van der Waals surface area contributed by atoms with Gasteiger partial charge in [-0.15, -0.1) is 11.8 Å². The van der Waals surface area contributed by atoms with Crippen LogP contribution in [0.1, 0.15) is 12.0 Å². The Morgan fingerprint density at radius 1 is 1.10 bits per heavy atom. The van der Waals surface area contributed by atoms with Gasteiger partial charge in [0.05, 0.1) is 5.92 Å². The Bertz CT molecular complexity index is 884. The number of carbonyl (C=O) groups excluding carboxylic acids is 3. The Hall–Kier alpha value is -3.00. The van der Waals surface area contributed by atoms with Gasteiger partial charge < -0.3 is 9.64 Å². The molecule has 152 valence electrons. The van der Waals surface area contributed by atoms with Crippen LogP contribution in [0.3, 0.4) is 0 Å². The summed E-state index contributed by atoms with van der Waals surface area (Å²) in [5.41, 5.74) is 6.56.